The summed E-state index contributed by atoms with van der Waals surface area (Å²) < 4.78 is 5.17. The number of nitrogens with zero attached hydrogens (tertiary/aromatic N) is 1. The molecule has 1 aliphatic heterocycles. The van der Waals surface area contributed by atoms with Crippen molar-refractivity contribution in [3.05, 3.63) is 54.1 Å². The average molecular weight is 338 g/mol. The highest BCUT2D eigenvalue weighted by Crippen LogP contribution is 2.29. The molecule has 2 aromatic carbocycles. The van der Waals surface area contributed by atoms with Gasteiger partial charge in [0.1, 0.15) is 5.75 Å². The number of anilines is 2. The number of carbonyl (C=O) groups excluding carboxylic acids is 2. The van der Waals surface area contributed by atoms with E-state index in [0.29, 0.717) is 18.0 Å². The van der Waals surface area contributed by atoms with Gasteiger partial charge in [0, 0.05) is 30.4 Å². The molecule has 3 rings (SSSR count). The van der Waals surface area contributed by atoms with Crippen molar-refractivity contribution in [3.63, 3.8) is 0 Å². The Labute approximate surface area is 147 Å². The van der Waals surface area contributed by atoms with E-state index in [0.717, 1.165) is 17.7 Å². The van der Waals surface area contributed by atoms with Crippen molar-refractivity contribution < 1.29 is 14.3 Å². The first-order valence-electron chi connectivity index (χ1n) is 8.45. The minimum atomic E-state index is -0.358. The van der Waals surface area contributed by atoms with Gasteiger partial charge in [-0.2, -0.15) is 0 Å². The first-order valence-corrected chi connectivity index (χ1v) is 8.45. The van der Waals surface area contributed by atoms with Crippen LogP contribution in [0.4, 0.5) is 11.4 Å². The number of aryl methyl sites for hydroxylation is 1. The molecule has 5 heteroatoms. The Balaban J connectivity index is 1.72. The van der Waals surface area contributed by atoms with Gasteiger partial charge >= 0.3 is 0 Å². The molecule has 5 nitrogen and oxygen atoms in total. The molecule has 0 bridgehead atoms. The molecule has 0 spiro atoms. The van der Waals surface area contributed by atoms with Crippen molar-refractivity contribution in [2.75, 3.05) is 23.9 Å². The van der Waals surface area contributed by atoms with Crippen LogP contribution in [0.5, 0.6) is 5.75 Å². The molecule has 1 N–H and O–H groups in total. The van der Waals surface area contributed by atoms with Gasteiger partial charge < -0.3 is 15.0 Å². The maximum absolute atomic E-state index is 12.6. The fourth-order valence-electron chi connectivity index (χ4n) is 3.13. The van der Waals surface area contributed by atoms with Crippen molar-refractivity contribution in [1.29, 1.82) is 0 Å². The van der Waals surface area contributed by atoms with Gasteiger partial charge in [-0.05, 0) is 30.2 Å². The molecule has 0 aliphatic carbocycles. The lowest BCUT2D eigenvalue weighted by atomic mass is 10.1. The van der Waals surface area contributed by atoms with Crippen LogP contribution in [0, 0.1) is 5.92 Å². The van der Waals surface area contributed by atoms with E-state index in [1.54, 1.807) is 24.1 Å². The van der Waals surface area contributed by atoms with Crippen LogP contribution in [0.1, 0.15) is 18.9 Å². The van der Waals surface area contributed by atoms with Crippen LogP contribution >= 0.6 is 0 Å². The molecule has 0 saturated carbocycles. The van der Waals surface area contributed by atoms with Gasteiger partial charge in [0.05, 0.1) is 13.0 Å². The van der Waals surface area contributed by atoms with Gasteiger partial charge in [0.2, 0.25) is 11.8 Å². The van der Waals surface area contributed by atoms with Crippen LogP contribution in [0.25, 0.3) is 0 Å². The number of rotatable bonds is 5. The summed E-state index contributed by atoms with van der Waals surface area (Å²) in [6, 6.07) is 15.1. The van der Waals surface area contributed by atoms with Crippen LogP contribution in [0.2, 0.25) is 0 Å². The second-order valence-electron chi connectivity index (χ2n) is 6.11. The van der Waals surface area contributed by atoms with Gasteiger partial charge in [-0.1, -0.05) is 31.2 Å². The number of nitrogens with one attached hydrogen (secondary N) is 1. The molecular formula is C20H22N2O3. The normalized spacial score (nSPS) is 16.8. The third kappa shape index (κ3) is 3.65. The highest BCUT2D eigenvalue weighted by molar-refractivity contribution is 6.03. The van der Waals surface area contributed by atoms with Crippen molar-refractivity contribution in [2.24, 2.45) is 5.92 Å². The lowest BCUT2D eigenvalue weighted by Crippen LogP contribution is -2.28. The Hall–Kier alpha value is -2.82. The third-order valence-electron chi connectivity index (χ3n) is 4.50. The number of amides is 2. The maximum Gasteiger partial charge on any atom is 0.229 e. The molecule has 0 unspecified atom stereocenters. The quantitative estimate of drug-likeness (QED) is 0.910. The Bertz CT molecular complexity index is 788. The van der Waals surface area contributed by atoms with Crippen molar-refractivity contribution >= 4 is 23.2 Å². The van der Waals surface area contributed by atoms with E-state index in [1.807, 2.05) is 36.4 Å². The number of carbonyl (C=O) groups is 2. The smallest absolute Gasteiger partial charge is 0.229 e. The summed E-state index contributed by atoms with van der Waals surface area (Å²) in [5.74, 6) is 0.173. The number of hydrogen-bond donors (Lipinski definition) is 1. The lowest BCUT2D eigenvalue weighted by molar-refractivity contribution is -0.122. The Kier molecular flexibility index (Phi) is 5.03. The predicted octanol–water partition coefficient (Wildman–Crippen LogP) is 3.25. The van der Waals surface area contributed by atoms with Crippen LogP contribution in [-0.2, 0) is 16.0 Å². The summed E-state index contributed by atoms with van der Waals surface area (Å²) in [6.45, 7) is 2.47. The van der Waals surface area contributed by atoms with Crippen molar-refractivity contribution in [3.8, 4) is 5.75 Å². The summed E-state index contributed by atoms with van der Waals surface area (Å²) in [7, 11) is 1.58. The largest absolute Gasteiger partial charge is 0.497 e. The van der Waals surface area contributed by atoms with Crippen LogP contribution in [0.3, 0.4) is 0 Å². The second-order valence-corrected chi connectivity index (χ2v) is 6.11. The first-order chi connectivity index (χ1) is 12.1. The van der Waals surface area contributed by atoms with E-state index >= 15 is 0 Å². The van der Waals surface area contributed by atoms with Crippen molar-refractivity contribution in [1.82, 2.24) is 0 Å². The van der Waals surface area contributed by atoms with E-state index < -0.39 is 0 Å². The zero-order chi connectivity index (χ0) is 17.8. The molecule has 25 heavy (non-hydrogen) atoms. The Morgan fingerprint density at radius 1 is 1.24 bits per heavy atom. The number of hydrogen-bond acceptors (Lipinski definition) is 3. The van der Waals surface area contributed by atoms with Gasteiger partial charge in [0.25, 0.3) is 0 Å². The highest BCUT2D eigenvalue weighted by atomic mass is 16.5. The first kappa shape index (κ1) is 17.0. The third-order valence-corrected chi connectivity index (χ3v) is 4.50. The molecule has 1 saturated heterocycles. The van der Waals surface area contributed by atoms with Crippen LogP contribution < -0.4 is 15.0 Å². The van der Waals surface area contributed by atoms with E-state index in [1.165, 1.54) is 0 Å². The summed E-state index contributed by atoms with van der Waals surface area (Å²) in [5, 5.41) is 2.88. The molecule has 1 heterocycles. The van der Waals surface area contributed by atoms with Crippen LogP contribution in [-0.4, -0.2) is 25.5 Å². The number of methoxy groups -OCH3 is 1. The predicted molar refractivity (Wildman–Crippen MR) is 97.9 cm³/mol. The molecule has 1 aliphatic rings. The SMILES string of the molecule is CCc1ccccc1N1C[C@H](C(=O)Nc2cccc(OC)c2)CC1=O. The molecule has 2 amide bonds. The monoisotopic (exact) mass is 338 g/mol. The minimum absolute atomic E-state index is 0.00769. The molecular weight excluding hydrogens is 316 g/mol. The van der Waals surface area contributed by atoms with E-state index in [9.17, 15) is 9.59 Å². The molecule has 0 aromatic heterocycles. The molecule has 1 fully saturated rings. The zero-order valence-electron chi connectivity index (χ0n) is 14.5. The fourth-order valence-corrected chi connectivity index (χ4v) is 3.13. The van der Waals surface area contributed by atoms with E-state index in [-0.39, 0.29) is 24.2 Å². The summed E-state index contributed by atoms with van der Waals surface area (Å²) in [5.41, 5.74) is 2.69. The fraction of sp³-hybridized carbons (Fsp3) is 0.300. The molecule has 0 radical (unpaired) electrons. The summed E-state index contributed by atoms with van der Waals surface area (Å²) in [6.07, 6.45) is 1.08. The Morgan fingerprint density at radius 2 is 2.04 bits per heavy atom. The second kappa shape index (κ2) is 7.38. The summed E-state index contributed by atoms with van der Waals surface area (Å²) >= 11 is 0. The Morgan fingerprint density at radius 3 is 2.80 bits per heavy atom. The van der Waals surface area contributed by atoms with Gasteiger partial charge in [-0.25, -0.2) is 0 Å². The number of benzene rings is 2. The summed E-state index contributed by atoms with van der Waals surface area (Å²) in [4.78, 5) is 26.7. The minimum Gasteiger partial charge on any atom is -0.497 e. The van der Waals surface area contributed by atoms with Gasteiger partial charge in [-0.3, -0.25) is 9.59 Å². The molecule has 2 aromatic rings. The number of para-hydroxylation sites is 1. The average Bonchev–Trinajstić information content (AvgIpc) is 3.03. The highest BCUT2D eigenvalue weighted by Gasteiger charge is 2.35. The van der Waals surface area contributed by atoms with Gasteiger partial charge in [-0.15, -0.1) is 0 Å². The standard InChI is InChI=1S/C20H22N2O3/c1-3-14-7-4-5-10-18(14)22-13-15(11-19(22)23)20(24)21-16-8-6-9-17(12-16)25-2/h4-10,12,15H,3,11,13H2,1-2H3,(H,21,24)/t15-/m1/s1. The molecule has 1 atom stereocenters. The maximum atomic E-state index is 12.6. The van der Waals surface area contributed by atoms with E-state index in [2.05, 4.69) is 12.2 Å². The van der Waals surface area contributed by atoms with Crippen molar-refractivity contribution in [2.45, 2.75) is 19.8 Å². The van der Waals surface area contributed by atoms with E-state index in [4.69, 9.17) is 4.74 Å². The zero-order valence-corrected chi connectivity index (χ0v) is 14.5. The van der Waals surface area contributed by atoms with Crippen LogP contribution in [0.15, 0.2) is 48.5 Å². The lowest BCUT2D eigenvalue weighted by Gasteiger charge is -2.20. The number of ether oxygens (including phenoxy) is 1. The van der Waals surface area contributed by atoms with Gasteiger partial charge in [0.15, 0.2) is 0 Å². The molecule has 130 valence electrons. The topological polar surface area (TPSA) is 58.6 Å².